The SMILES string of the molecule is C=C(Cl)CNCc1nc2ccccc2n1C. The van der Waals surface area contributed by atoms with Gasteiger partial charge in [-0.2, -0.15) is 0 Å². The molecule has 0 amide bonds. The van der Waals surface area contributed by atoms with E-state index in [9.17, 15) is 0 Å². The van der Waals surface area contributed by atoms with Crippen LogP contribution in [0.5, 0.6) is 0 Å². The lowest BCUT2D eigenvalue weighted by atomic mass is 10.3. The zero-order valence-electron chi connectivity index (χ0n) is 9.20. The minimum Gasteiger partial charge on any atom is -0.330 e. The van der Waals surface area contributed by atoms with E-state index >= 15 is 0 Å². The van der Waals surface area contributed by atoms with Crippen LogP contribution in [0.25, 0.3) is 11.0 Å². The van der Waals surface area contributed by atoms with E-state index in [0.717, 1.165) is 16.9 Å². The molecule has 1 aromatic carbocycles. The van der Waals surface area contributed by atoms with Crippen molar-refractivity contribution in [2.75, 3.05) is 6.54 Å². The third-order valence-electron chi connectivity index (χ3n) is 2.48. The Morgan fingerprint density at radius 2 is 2.25 bits per heavy atom. The smallest absolute Gasteiger partial charge is 0.123 e. The molecule has 2 aromatic rings. The lowest BCUT2D eigenvalue weighted by Gasteiger charge is -2.03. The molecule has 0 aliphatic heterocycles. The fraction of sp³-hybridized carbons (Fsp3) is 0.250. The summed E-state index contributed by atoms with van der Waals surface area (Å²) < 4.78 is 2.08. The number of fused-ring (bicyclic) bond motifs is 1. The van der Waals surface area contributed by atoms with Gasteiger partial charge < -0.3 is 9.88 Å². The molecule has 4 heteroatoms. The van der Waals surface area contributed by atoms with Gasteiger partial charge in [-0.1, -0.05) is 30.3 Å². The molecule has 0 saturated heterocycles. The van der Waals surface area contributed by atoms with Crippen molar-refractivity contribution in [3.63, 3.8) is 0 Å². The van der Waals surface area contributed by atoms with Crippen molar-refractivity contribution < 1.29 is 0 Å². The fourth-order valence-corrected chi connectivity index (χ4v) is 1.76. The first-order valence-electron chi connectivity index (χ1n) is 5.13. The topological polar surface area (TPSA) is 29.9 Å². The van der Waals surface area contributed by atoms with E-state index in [0.29, 0.717) is 18.1 Å². The minimum atomic E-state index is 0.602. The van der Waals surface area contributed by atoms with Crippen molar-refractivity contribution in [2.24, 2.45) is 7.05 Å². The van der Waals surface area contributed by atoms with E-state index in [2.05, 4.69) is 27.5 Å². The Morgan fingerprint density at radius 3 is 2.94 bits per heavy atom. The summed E-state index contributed by atoms with van der Waals surface area (Å²) in [6.45, 7) is 4.92. The van der Waals surface area contributed by atoms with Crippen molar-refractivity contribution in [2.45, 2.75) is 6.54 Å². The molecule has 0 fully saturated rings. The second kappa shape index (κ2) is 4.68. The number of benzene rings is 1. The van der Waals surface area contributed by atoms with Gasteiger partial charge in [0.2, 0.25) is 0 Å². The summed E-state index contributed by atoms with van der Waals surface area (Å²) in [7, 11) is 2.02. The first-order valence-corrected chi connectivity index (χ1v) is 5.50. The van der Waals surface area contributed by atoms with Gasteiger partial charge >= 0.3 is 0 Å². The molecule has 0 aliphatic rings. The highest BCUT2D eigenvalue weighted by atomic mass is 35.5. The highest BCUT2D eigenvalue weighted by Gasteiger charge is 2.05. The van der Waals surface area contributed by atoms with E-state index in [1.807, 2.05) is 25.2 Å². The van der Waals surface area contributed by atoms with Crippen molar-refractivity contribution >= 4 is 22.6 Å². The van der Waals surface area contributed by atoms with E-state index in [1.165, 1.54) is 0 Å². The zero-order chi connectivity index (χ0) is 11.5. The lowest BCUT2D eigenvalue weighted by molar-refractivity contribution is 0.684. The Balaban J connectivity index is 2.18. The minimum absolute atomic E-state index is 0.602. The van der Waals surface area contributed by atoms with Crippen LogP contribution in [-0.2, 0) is 13.6 Å². The lowest BCUT2D eigenvalue weighted by Crippen LogP contribution is -2.17. The van der Waals surface area contributed by atoms with Gasteiger partial charge in [0.05, 0.1) is 17.6 Å². The molecular weight excluding hydrogens is 222 g/mol. The second-order valence-corrected chi connectivity index (χ2v) is 4.23. The largest absolute Gasteiger partial charge is 0.330 e. The van der Waals surface area contributed by atoms with Gasteiger partial charge in [-0.15, -0.1) is 0 Å². The molecule has 3 nitrogen and oxygen atoms in total. The van der Waals surface area contributed by atoms with Crippen LogP contribution in [-0.4, -0.2) is 16.1 Å². The number of para-hydroxylation sites is 2. The van der Waals surface area contributed by atoms with Crippen LogP contribution in [0, 0.1) is 0 Å². The summed E-state index contributed by atoms with van der Waals surface area (Å²) in [6.07, 6.45) is 0. The van der Waals surface area contributed by atoms with Crippen LogP contribution >= 0.6 is 11.6 Å². The molecule has 0 bridgehead atoms. The molecular formula is C12H14ClN3. The Morgan fingerprint density at radius 1 is 1.50 bits per heavy atom. The molecule has 2 rings (SSSR count). The zero-order valence-corrected chi connectivity index (χ0v) is 9.96. The molecule has 1 heterocycles. The summed E-state index contributed by atoms with van der Waals surface area (Å²) in [5, 5.41) is 3.80. The molecule has 1 N–H and O–H groups in total. The van der Waals surface area contributed by atoms with Gasteiger partial charge in [0.1, 0.15) is 5.82 Å². The number of rotatable bonds is 4. The summed E-state index contributed by atoms with van der Waals surface area (Å²) in [6, 6.07) is 8.08. The molecule has 0 saturated carbocycles. The number of imidazole rings is 1. The number of hydrogen-bond donors (Lipinski definition) is 1. The highest BCUT2D eigenvalue weighted by molar-refractivity contribution is 6.29. The van der Waals surface area contributed by atoms with E-state index < -0.39 is 0 Å². The highest BCUT2D eigenvalue weighted by Crippen LogP contribution is 2.13. The quantitative estimate of drug-likeness (QED) is 0.882. The molecule has 16 heavy (non-hydrogen) atoms. The van der Waals surface area contributed by atoms with Crippen LogP contribution < -0.4 is 5.32 Å². The summed E-state index contributed by atoms with van der Waals surface area (Å²) in [5.41, 5.74) is 2.16. The third kappa shape index (κ3) is 2.26. The van der Waals surface area contributed by atoms with Crippen molar-refractivity contribution in [3.05, 3.63) is 41.7 Å². The maximum Gasteiger partial charge on any atom is 0.123 e. The maximum absolute atomic E-state index is 5.68. The van der Waals surface area contributed by atoms with Gasteiger partial charge in [-0.25, -0.2) is 4.98 Å². The van der Waals surface area contributed by atoms with Gasteiger partial charge in [0.15, 0.2) is 0 Å². The summed E-state index contributed by atoms with van der Waals surface area (Å²) >= 11 is 5.68. The monoisotopic (exact) mass is 235 g/mol. The van der Waals surface area contributed by atoms with Crippen molar-refractivity contribution in [1.82, 2.24) is 14.9 Å². The molecule has 0 radical (unpaired) electrons. The molecule has 0 spiro atoms. The second-order valence-electron chi connectivity index (χ2n) is 3.70. The van der Waals surface area contributed by atoms with Gasteiger partial charge in [-0.05, 0) is 12.1 Å². The maximum atomic E-state index is 5.68. The predicted molar refractivity (Wildman–Crippen MR) is 67.4 cm³/mol. The standard InChI is InChI=1S/C12H14ClN3/c1-9(13)7-14-8-12-15-10-5-3-4-6-11(10)16(12)2/h3-6,14H,1,7-8H2,2H3. The number of nitrogens with zero attached hydrogens (tertiary/aromatic N) is 2. The van der Waals surface area contributed by atoms with E-state index in [-0.39, 0.29) is 0 Å². The average molecular weight is 236 g/mol. The summed E-state index contributed by atoms with van der Waals surface area (Å²) in [5.74, 6) is 0.999. The van der Waals surface area contributed by atoms with Crippen molar-refractivity contribution in [3.8, 4) is 0 Å². The molecule has 0 atom stereocenters. The van der Waals surface area contributed by atoms with Crippen LogP contribution in [0.4, 0.5) is 0 Å². The number of hydrogen-bond acceptors (Lipinski definition) is 2. The molecule has 1 aromatic heterocycles. The molecule has 84 valence electrons. The van der Waals surface area contributed by atoms with Gasteiger partial charge in [0, 0.05) is 18.6 Å². The number of nitrogens with one attached hydrogen (secondary N) is 1. The van der Waals surface area contributed by atoms with Crippen molar-refractivity contribution in [1.29, 1.82) is 0 Å². The third-order valence-corrected chi connectivity index (χ3v) is 2.61. The number of aromatic nitrogens is 2. The Hall–Kier alpha value is -1.32. The fourth-order valence-electron chi connectivity index (χ4n) is 1.66. The van der Waals surface area contributed by atoms with E-state index in [1.54, 1.807) is 0 Å². The molecule has 0 aliphatic carbocycles. The number of aryl methyl sites for hydroxylation is 1. The van der Waals surface area contributed by atoms with Gasteiger partial charge in [-0.3, -0.25) is 0 Å². The Kier molecular flexibility index (Phi) is 3.27. The Labute approximate surface area is 99.7 Å². The first kappa shape index (κ1) is 11.2. The average Bonchev–Trinajstić information content (AvgIpc) is 2.56. The van der Waals surface area contributed by atoms with E-state index in [4.69, 9.17) is 11.6 Å². The first-order chi connectivity index (χ1) is 7.68. The Bertz CT molecular complexity index is 516. The molecule has 0 unspecified atom stereocenters. The normalized spacial score (nSPS) is 10.9. The van der Waals surface area contributed by atoms with Crippen LogP contribution in [0.1, 0.15) is 5.82 Å². The van der Waals surface area contributed by atoms with Gasteiger partial charge in [0.25, 0.3) is 0 Å². The van der Waals surface area contributed by atoms with Crippen LogP contribution in [0.2, 0.25) is 0 Å². The predicted octanol–water partition coefficient (Wildman–Crippen LogP) is 2.42. The summed E-state index contributed by atoms with van der Waals surface area (Å²) in [4.78, 5) is 4.54. The van der Waals surface area contributed by atoms with Crippen LogP contribution in [0.15, 0.2) is 35.9 Å². The number of halogens is 1. The van der Waals surface area contributed by atoms with Crippen LogP contribution in [0.3, 0.4) is 0 Å².